The first-order chi connectivity index (χ1) is 17.3. The van der Waals surface area contributed by atoms with Crippen LogP contribution < -0.4 is 10.0 Å². The fourth-order valence-electron chi connectivity index (χ4n) is 3.84. The molecule has 0 spiro atoms. The van der Waals surface area contributed by atoms with E-state index in [1.807, 2.05) is 60.9 Å². The van der Waals surface area contributed by atoms with E-state index in [2.05, 4.69) is 15.0 Å². The molecule has 2 N–H and O–H groups in total. The van der Waals surface area contributed by atoms with Crippen LogP contribution in [0.25, 0.3) is 11.0 Å². The zero-order valence-electron chi connectivity index (χ0n) is 20.2. The normalized spacial score (nSPS) is 11.4. The first-order valence-corrected chi connectivity index (χ1v) is 13.4. The summed E-state index contributed by atoms with van der Waals surface area (Å²) < 4.78 is 28.4. The average molecular weight is 505 g/mol. The second-order valence-electron chi connectivity index (χ2n) is 8.57. The highest BCUT2D eigenvalue weighted by Crippen LogP contribution is 2.20. The van der Waals surface area contributed by atoms with Crippen molar-refractivity contribution < 1.29 is 18.0 Å². The van der Waals surface area contributed by atoms with Crippen molar-refractivity contribution in [1.82, 2.24) is 14.3 Å². The van der Waals surface area contributed by atoms with Crippen LogP contribution in [-0.4, -0.2) is 35.5 Å². The Balaban J connectivity index is 1.52. The molecule has 0 atom stereocenters. The van der Waals surface area contributed by atoms with Gasteiger partial charge in [-0.05, 0) is 61.4 Å². The summed E-state index contributed by atoms with van der Waals surface area (Å²) in [5, 5.41) is 2.87. The van der Waals surface area contributed by atoms with Gasteiger partial charge in [0.2, 0.25) is 10.0 Å². The lowest BCUT2D eigenvalue weighted by Crippen LogP contribution is -2.32. The van der Waals surface area contributed by atoms with Crippen molar-refractivity contribution >= 4 is 38.6 Å². The number of sulfonamides is 1. The number of para-hydroxylation sites is 1. The van der Waals surface area contributed by atoms with Gasteiger partial charge in [0.05, 0.1) is 16.8 Å². The van der Waals surface area contributed by atoms with Gasteiger partial charge in [0.1, 0.15) is 5.82 Å². The lowest BCUT2D eigenvalue weighted by atomic mass is 10.1. The minimum absolute atomic E-state index is 0.0894. The molecular formula is C27H28N4O4S. The number of carbonyl (C=O) groups is 2. The van der Waals surface area contributed by atoms with Crippen molar-refractivity contribution in [2.24, 2.45) is 0 Å². The number of hydrogen-bond acceptors (Lipinski definition) is 5. The van der Waals surface area contributed by atoms with Gasteiger partial charge in [-0.3, -0.25) is 9.59 Å². The zero-order valence-corrected chi connectivity index (χ0v) is 21.0. The van der Waals surface area contributed by atoms with Crippen molar-refractivity contribution in [2.75, 3.05) is 11.1 Å². The van der Waals surface area contributed by atoms with E-state index in [4.69, 9.17) is 0 Å². The summed E-state index contributed by atoms with van der Waals surface area (Å²) in [6.07, 6.45) is 1.21. The zero-order chi connectivity index (χ0) is 25.7. The fraction of sp³-hybridized carbons (Fsp3) is 0.222. The SMILES string of the molecule is CCCCS(=O)(=O)NC(=O)c1ccc2nc(C)n(Cc3ccc(C(=O)Nc4ccccc4)cc3)c2c1. The predicted octanol–water partition coefficient (Wildman–Crippen LogP) is 4.51. The molecule has 4 rings (SSSR count). The van der Waals surface area contributed by atoms with Crippen LogP contribution in [0.1, 0.15) is 51.9 Å². The van der Waals surface area contributed by atoms with Crippen molar-refractivity contribution in [3.05, 3.63) is 95.3 Å². The first-order valence-electron chi connectivity index (χ1n) is 11.7. The van der Waals surface area contributed by atoms with Gasteiger partial charge in [-0.1, -0.05) is 43.7 Å². The molecule has 0 aliphatic carbocycles. The lowest BCUT2D eigenvalue weighted by molar-refractivity contribution is 0.0980. The summed E-state index contributed by atoms with van der Waals surface area (Å²) in [4.78, 5) is 29.7. The number of amides is 2. The highest BCUT2D eigenvalue weighted by atomic mass is 32.2. The number of hydrogen-bond donors (Lipinski definition) is 2. The summed E-state index contributed by atoms with van der Waals surface area (Å²) >= 11 is 0. The number of carbonyl (C=O) groups excluding carboxylic acids is 2. The monoisotopic (exact) mass is 504 g/mol. The Bertz CT molecular complexity index is 1490. The van der Waals surface area contributed by atoms with Crippen LogP contribution in [0.4, 0.5) is 5.69 Å². The second kappa shape index (κ2) is 10.7. The van der Waals surface area contributed by atoms with Crippen LogP contribution in [0, 0.1) is 6.92 Å². The third-order valence-corrected chi connectivity index (χ3v) is 7.13. The van der Waals surface area contributed by atoms with Crippen LogP contribution in [0.5, 0.6) is 0 Å². The number of imidazole rings is 1. The molecule has 3 aromatic carbocycles. The Labute approximate surface area is 210 Å². The number of rotatable bonds is 9. The van der Waals surface area contributed by atoms with E-state index in [0.717, 1.165) is 29.0 Å². The van der Waals surface area contributed by atoms with Gasteiger partial charge in [0.25, 0.3) is 11.8 Å². The summed E-state index contributed by atoms with van der Waals surface area (Å²) in [6.45, 7) is 4.24. The molecule has 0 bridgehead atoms. The number of benzene rings is 3. The summed E-state index contributed by atoms with van der Waals surface area (Å²) in [5.41, 5.74) is 3.89. The maximum absolute atomic E-state index is 12.6. The number of nitrogens with one attached hydrogen (secondary N) is 2. The van der Waals surface area contributed by atoms with Crippen LogP contribution in [-0.2, 0) is 16.6 Å². The first kappa shape index (κ1) is 25.1. The molecule has 186 valence electrons. The number of aryl methyl sites for hydroxylation is 1. The van der Waals surface area contributed by atoms with Crippen molar-refractivity contribution in [1.29, 1.82) is 0 Å². The summed E-state index contributed by atoms with van der Waals surface area (Å²) in [6, 6.07) is 21.5. The number of anilines is 1. The third kappa shape index (κ3) is 5.98. The molecule has 0 saturated carbocycles. The maximum Gasteiger partial charge on any atom is 0.264 e. The van der Waals surface area contributed by atoms with E-state index in [9.17, 15) is 18.0 Å². The summed E-state index contributed by atoms with van der Waals surface area (Å²) in [5.74, 6) is -0.189. The molecule has 0 aliphatic heterocycles. The standard InChI is InChI=1S/C27H28N4O4S/c1-3-4-16-36(34,35)30-27(33)22-14-15-24-25(17-22)31(19(2)28-24)18-20-10-12-21(13-11-20)26(32)29-23-8-6-5-7-9-23/h5-15,17H,3-4,16,18H2,1-2H3,(H,29,32)(H,30,33). The molecule has 0 unspecified atom stereocenters. The van der Waals surface area contributed by atoms with Gasteiger partial charge < -0.3 is 9.88 Å². The lowest BCUT2D eigenvalue weighted by Gasteiger charge is -2.10. The highest BCUT2D eigenvalue weighted by molar-refractivity contribution is 7.90. The summed E-state index contributed by atoms with van der Waals surface area (Å²) in [7, 11) is -3.68. The molecule has 9 heteroatoms. The molecular weight excluding hydrogens is 476 g/mol. The van der Waals surface area contributed by atoms with Gasteiger partial charge in [0, 0.05) is 23.4 Å². The quantitative estimate of drug-likeness (QED) is 0.349. The third-order valence-electron chi connectivity index (χ3n) is 5.80. The molecule has 0 saturated heterocycles. The number of nitrogens with zero attached hydrogens (tertiary/aromatic N) is 2. The van der Waals surface area contributed by atoms with Crippen LogP contribution in [0.2, 0.25) is 0 Å². The van der Waals surface area contributed by atoms with E-state index in [0.29, 0.717) is 24.0 Å². The van der Waals surface area contributed by atoms with E-state index in [1.54, 1.807) is 30.3 Å². The molecule has 36 heavy (non-hydrogen) atoms. The molecule has 0 aliphatic rings. The van der Waals surface area contributed by atoms with Crippen LogP contribution in [0.3, 0.4) is 0 Å². The number of unbranched alkanes of at least 4 members (excludes halogenated alkanes) is 1. The van der Waals surface area contributed by atoms with Crippen molar-refractivity contribution in [2.45, 2.75) is 33.2 Å². The topological polar surface area (TPSA) is 110 Å². The Kier molecular flexibility index (Phi) is 7.49. The van der Waals surface area contributed by atoms with E-state index in [-0.39, 0.29) is 17.2 Å². The smallest absolute Gasteiger partial charge is 0.264 e. The van der Waals surface area contributed by atoms with Gasteiger partial charge in [-0.2, -0.15) is 0 Å². The van der Waals surface area contributed by atoms with Crippen LogP contribution >= 0.6 is 0 Å². The highest BCUT2D eigenvalue weighted by Gasteiger charge is 2.17. The minimum Gasteiger partial charge on any atom is -0.324 e. The molecule has 0 radical (unpaired) electrons. The second-order valence-corrected chi connectivity index (χ2v) is 10.4. The van der Waals surface area contributed by atoms with E-state index >= 15 is 0 Å². The molecule has 0 fully saturated rings. The Morgan fingerprint density at radius 2 is 1.61 bits per heavy atom. The van der Waals surface area contributed by atoms with Crippen LogP contribution in [0.15, 0.2) is 72.8 Å². The molecule has 8 nitrogen and oxygen atoms in total. The predicted molar refractivity (Wildman–Crippen MR) is 141 cm³/mol. The van der Waals surface area contributed by atoms with Gasteiger partial charge in [0.15, 0.2) is 0 Å². The van der Waals surface area contributed by atoms with Gasteiger partial charge >= 0.3 is 0 Å². The molecule has 1 heterocycles. The van der Waals surface area contributed by atoms with Gasteiger partial charge in [-0.15, -0.1) is 0 Å². The van der Waals surface area contributed by atoms with Gasteiger partial charge in [-0.25, -0.2) is 18.1 Å². The maximum atomic E-state index is 12.6. The molecule has 2 amide bonds. The van der Waals surface area contributed by atoms with E-state index in [1.165, 1.54) is 0 Å². The number of aromatic nitrogens is 2. The molecule has 4 aromatic rings. The minimum atomic E-state index is -3.68. The van der Waals surface area contributed by atoms with E-state index < -0.39 is 15.9 Å². The number of fused-ring (bicyclic) bond motifs is 1. The van der Waals surface area contributed by atoms with Crippen molar-refractivity contribution in [3.8, 4) is 0 Å². The Morgan fingerprint density at radius 3 is 2.31 bits per heavy atom. The average Bonchev–Trinajstić information content (AvgIpc) is 3.17. The Morgan fingerprint density at radius 1 is 0.917 bits per heavy atom. The fourth-order valence-corrected chi connectivity index (χ4v) is 5.01. The van der Waals surface area contributed by atoms with Crippen molar-refractivity contribution in [3.63, 3.8) is 0 Å². The largest absolute Gasteiger partial charge is 0.324 e. The Hall–Kier alpha value is -3.98. The molecule has 1 aromatic heterocycles.